The Balaban J connectivity index is 1.21. The molecule has 0 N–H and O–H groups in total. The van der Waals surface area contributed by atoms with E-state index >= 15 is 0 Å². The number of hydrogen-bond donors (Lipinski definition) is 0. The van der Waals surface area contributed by atoms with Crippen LogP contribution < -0.4 is 0 Å². The maximum Gasteiger partial charge on any atom is 0.220 e. The summed E-state index contributed by atoms with van der Waals surface area (Å²) in [5.41, 5.74) is 11.7. The van der Waals surface area contributed by atoms with E-state index in [4.69, 9.17) is 4.98 Å². The molecule has 0 atom stereocenters. The second kappa shape index (κ2) is 8.25. The number of nitrogens with zero attached hydrogens (tertiary/aromatic N) is 4. The Labute approximate surface area is 267 Å². The molecule has 216 valence electrons. The summed E-state index contributed by atoms with van der Waals surface area (Å²) in [6.45, 7) is 0. The van der Waals surface area contributed by atoms with Crippen LogP contribution in [0, 0.1) is 0 Å². The SMILES string of the molecule is c1ccc(-n2c3c(-c4ccc5c(c4)c4ccc6c7ccccc7c7cccc8c7c6c4n58)cccc3n3c4ccccc4nc23)cc1. The monoisotopic (exact) mass is 596 g/mol. The van der Waals surface area contributed by atoms with Gasteiger partial charge >= 0.3 is 0 Å². The van der Waals surface area contributed by atoms with Gasteiger partial charge in [0.05, 0.1) is 38.6 Å². The predicted molar refractivity (Wildman–Crippen MR) is 196 cm³/mol. The van der Waals surface area contributed by atoms with Gasteiger partial charge in [0, 0.05) is 32.8 Å². The third-order valence-electron chi connectivity index (χ3n) is 10.5. The van der Waals surface area contributed by atoms with Crippen LogP contribution in [-0.2, 0) is 0 Å². The Morgan fingerprint density at radius 2 is 1.11 bits per heavy atom. The zero-order chi connectivity index (χ0) is 30.4. The molecule has 4 heterocycles. The van der Waals surface area contributed by atoms with E-state index in [1.807, 2.05) is 0 Å². The summed E-state index contributed by atoms with van der Waals surface area (Å²) in [5, 5.41) is 10.6. The second-order valence-electron chi connectivity index (χ2n) is 12.8. The smallest absolute Gasteiger partial charge is 0.220 e. The van der Waals surface area contributed by atoms with Gasteiger partial charge in [0.2, 0.25) is 5.78 Å². The Morgan fingerprint density at radius 3 is 2.00 bits per heavy atom. The first kappa shape index (κ1) is 23.9. The van der Waals surface area contributed by atoms with Crippen molar-refractivity contribution in [2.24, 2.45) is 0 Å². The van der Waals surface area contributed by atoms with E-state index in [2.05, 4.69) is 159 Å². The first-order valence-corrected chi connectivity index (χ1v) is 16.2. The molecule has 0 unspecified atom stereocenters. The molecule has 47 heavy (non-hydrogen) atoms. The van der Waals surface area contributed by atoms with Gasteiger partial charge in [-0.25, -0.2) is 4.98 Å². The van der Waals surface area contributed by atoms with Crippen LogP contribution >= 0.6 is 0 Å². The molecule has 0 fully saturated rings. The van der Waals surface area contributed by atoms with Crippen LogP contribution in [0.15, 0.2) is 146 Å². The number of para-hydroxylation sites is 4. The minimum absolute atomic E-state index is 0.922. The van der Waals surface area contributed by atoms with Crippen LogP contribution in [0.3, 0.4) is 0 Å². The van der Waals surface area contributed by atoms with Crippen molar-refractivity contribution in [3.05, 3.63) is 146 Å². The Bertz CT molecular complexity index is 3230. The van der Waals surface area contributed by atoms with Gasteiger partial charge in [-0.15, -0.1) is 0 Å². The van der Waals surface area contributed by atoms with Crippen molar-refractivity contribution in [1.29, 1.82) is 0 Å². The highest BCUT2D eigenvalue weighted by Gasteiger charge is 2.24. The van der Waals surface area contributed by atoms with Gasteiger partial charge in [0.1, 0.15) is 0 Å². The standard InChI is InChI=1S/C43H24N4/c1-2-10-26(11-3-1)45-41-27(14-8-19-38(41)47-36-17-7-6-16-34(36)44-43(45)47)25-20-23-35-33(24-25)32-22-21-31-29-13-5-4-12-28(29)30-15-9-18-37-39(30)40(31)42(32)46(35)37/h1-24H. The lowest BCUT2D eigenvalue weighted by atomic mass is 9.93. The minimum Gasteiger partial charge on any atom is -0.308 e. The zero-order valence-electron chi connectivity index (χ0n) is 25.1. The predicted octanol–water partition coefficient (Wildman–Crippen LogP) is 11.0. The topological polar surface area (TPSA) is 26.6 Å². The molecule has 0 aliphatic carbocycles. The van der Waals surface area contributed by atoms with Crippen LogP contribution in [0.1, 0.15) is 0 Å². The molecule has 0 saturated heterocycles. The maximum atomic E-state index is 5.16. The molecule has 12 rings (SSSR count). The fourth-order valence-corrected chi connectivity index (χ4v) is 8.67. The largest absolute Gasteiger partial charge is 0.308 e. The van der Waals surface area contributed by atoms with Crippen molar-refractivity contribution in [1.82, 2.24) is 18.4 Å². The lowest BCUT2D eigenvalue weighted by Crippen LogP contribution is -1.96. The summed E-state index contributed by atoms with van der Waals surface area (Å²) in [6, 6.07) is 53.1. The van der Waals surface area contributed by atoms with Crippen molar-refractivity contribution in [3.63, 3.8) is 0 Å². The highest BCUT2D eigenvalue weighted by Crippen LogP contribution is 2.47. The normalized spacial score (nSPS) is 12.7. The number of fused-ring (bicyclic) bond motifs is 12. The van der Waals surface area contributed by atoms with Gasteiger partial charge in [0.15, 0.2) is 0 Å². The molecule has 0 radical (unpaired) electrons. The summed E-state index contributed by atoms with van der Waals surface area (Å²) in [6.07, 6.45) is 0. The maximum absolute atomic E-state index is 5.16. The van der Waals surface area contributed by atoms with E-state index in [0.717, 1.165) is 33.5 Å². The average molecular weight is 597 g/mol. The van der Waals surface area contributed by atoms with E-state index in [0.29, 0.717) is 0 Å². The molecule has 0 amide bonds. The van der Waals surface area contributed by atoms with Crippen LogP contribution in [0.5, 0.6) is 0 Å². The highest BCUT2D eigenvalue weighted by molar-refractivity contribution is 6.38. The number of rotatable bonds is 2. The number of hydrogen-bond acceptors (Lipinski definition) is 1. The lowest BCUT2D eigenvalue weighted by molar-refractivity contribution is 1.11. The number of aromatic nitrogens is 4. The first-order chi connectivity index (χ1) is 23.3. The third kappa shape index (κ3) is 2.79. The van der Waals surface area contributed by atoms with Gasteiger partial charge in [0.25, 0.3) is 0 Å². The quantitative estimate of drug-likeness (QED) is 0.182. The van der Waals surface area contributed by atoms with Crippen molar-refractivity contribution in [2.45, 2.75) is 0 Å². The van der Waals surface area contributed by atoms with Crippen LogP contribution in [0.2, 0.25) is 0 Å². The van der Waals surface area contributed by atoms with Gasteiger partial charge < -0.3 is 4.40 Å². The summed E-state index contributed by atoms with van der Waals surface area (Å²) in [4.78, 5) is 5.16. The molecule has 8 aromatic carbocycles. The first-order valence-electron chi connectivity index (χ1n) is 16.2. The molecule has 0 saturated carbocycles. The van der Waals surface area contributed by atoms with Gasteiger partial charge in [-0.05, 0) is 75.6 Å². The molecule has 4 nitrogen and oxygen atoms in total. The fraction of sp³-hybridized carbons (Fsp3) is 0. The third-order valence-corrected chi connectivity index (χ3v) is 10.5. The van der Waals surface area contributed by atoms with E-state index in [-0.39, 0.29) is 0 Å². The highest BCUT2D eigenvalue weighted by atomic mass is 15.2. The average Bonchev–Trinajstić information content (AvgIpc) is 3.86. The zero-order valence-corrected chi connectivity index (χ0v) is 25.1. The van der Waals surface area contributed by atoms with Crippen LogP contribution in [-0.4, -0.2) is 18.4 Å². The lowest BCUT2D eigenvalue weighted by Gasteiger charge is -2.11. The molecule has 4 aromatic heterocycles. The molecule has 0 spiro atoms. The molecule has 0 bridgehead atoms. The summed E-state index contributed by atoms with van der Waals surface area (Å²) in [5.74, 6) is 0.922. The Morgan fingerprint density at radius 1 is 0.404 bits per heavy atom. The van der Waals surface area contributed by atoms with Gasteiger partial charge in [-0.1, -0.05) is 97.1 Å². The fourth-order valence-electron chi connectivity index (χ4n) is 8.67. The molecule has 12 aromatic rings. The van der Waals surface area contributed by atoms with Gasteiger partial charge in [-0.2, -0.15) is 0 Å². The van der Waals surface area contributed by atoms with E-state index in [1.165, 1.54) is 70.8 Å². The molecule has 4 heteroatoms. The summed E-state index contributed by atoms with van der Waals surface area (Å²) in [7, 11) is 0. The van der Waals surface area contributed by atoms with Gasteiger partial charge in [-0.3, -0.25) is 8.97 Å². The molecule has 0 aliphatic heterocycles. The van der Waals surface area contributed by atoms with Crippen LogP contribution in [0.25, 0.3) is 104 Å². The Kier molecular flexibility index (Phi) is 4.20. The van der Waals surface area contributed by atoms with Crippen molar-refractivity contribution in [3.8, 4) is 16.8 Å². The van der Waals surface area contributed by atoms with Crippen molar-refractivity contribution in [2.75, 3.05) is 0 Å². The molecular formula is C43H24N4. The molecule has 0 aliphatic rings. The minimum atomic E-state index is 0.922. The number of imidazole rings is 2. The van der Waals surface area contributed by atoms with E-state index < -0.39 is 0 Å². The Hall–Kier alpha value is -6.39. The van der Waals surface area contributed by atoms with Crippen LogP contribution in [0.4, 0.5) is 0 Å². The summed E-state index contributed by atoms with van der Waals surface area (Å²) < 4.78 is 7.14. The van der Waals surface area contributed by atoms with E-state index in [9.17, 15) is 0 Å². The van der Waals surface area contributed by atoms with E-state index in [1.54, 1.807) is 0 Å². The number of benzene rings is 8. The summed E-state index contributed by atoms with van der Waals surface area (Å²) >= 11 is 0. The molecular weight excluding hydrogens is 573 g/mol. The van der Waals surface area contributed by atoms with Crippen molar-refractivity contribution < 1.29 is 0 Å². The second-order valence-corrected chi connectivity index (χ2v) is 12.8. The van der Waals surface area contributed by atoms with Crippen molar-refractivity contribution >= 4 is 87.5 Å².